The fraction of sp³-hybridized carbons (Fsp3) is 0.471. The lowest BCUT2D eigenvalue weighted by molar-refractivity contribution is -0.122. The van der Waals surface area contributed by atoms with Gasteiger partial charge in [-0.05, 0) is 56.5 Å². The first-order valence-electron chi connectivity index (χ1n) is 15.2. The van der Waals surface area contributed by atoms with Crippen LogP contribution in [-0.2, 0) is 14.4 Å². The molecule has 7 nitrogen and oxygen atoms in total. The number of carbonyl (C=O) groups is 4. The van der Waals surface area contributed by atoms with Crippen LogP contribution in [0.5, 0.6) is 0 Å². The fourth-order valence-electron chi connectivity index (χ4n) is 5.83. The lowest BCUT2D eigenvalue weighted by Gasteiger charge is -2.19. The van der Waals surface area contributed by atoms with Gasteiger partial charge in [-0.25, -0.2) is 4.90 Å². The van der Waals surface area contributed by atoms with E-state index in [4.69, 9.17) is 0 Å². The Morgan fingerprint density at radius 2 is 1.44 bits per heavy atom. The van der Waals surface area contributed by atoms with Gasteiger partial charge in [-0.1, -0.05) is 88.1 Å². The molecular weight excluding hydrogens is 514 g/mol. The van der Waals surface area contributed by atoms with Gasteiger partial charge in [-0.2, -0.15) is 0 Å². The maximum Gasteiger partial charge on any atom is 0.257 e. The molecular formula is C34H43N3O4. The molecule has 0 aromatic heterocycles. The lowest BCUT2D eigenvalue weighted by Crippen LogP contribution is -2.33. The predicted molar refractivity (Wildman–Crippen MR) is 164 cm³/mol. The van der Waals surface area contributed by atoms with Crippen molar-refractivity contribution >= 4 is 40.7 Å². The molecule has 0 spiro atoms. The number of para-hydroxylation sites is 1. The van der Waals surface area contributed by atoms with Gasteiger partial charge in [0.2, 0.25) is 17.7 Å². The van der Waals surface area contributed by atoms with E-state index in [9.17, 15) is 19.2 Å². The molecule has 2 N–H and O–H groups in total. The average Bonchev–Trinajstić information content (AvgIpc) is 3.20. The summed E-state index contributed by atoms with van der Waals surface area (Å²) < 4.78 is 0. The minimum atomic E-state index is -0.427. The van der Waals surface area contributed by atoms with Crippen molar-refractivity contribution in [1.82, 2.24) is 0 Å². The summed E-state index contributed by atoms with van der Waals surface area (Å²) >= 11 is 0. The molecule has 1 saturated heterocycles. The van der Waals surface area contributed by atoms with Crippen LogP contribution < -0.4 is 15.5 Å². The molecule has 2 aromatic rings. The van der Waals surface area contributed by atoms with Crippen LogP contribution >= 0.6 is 0 Å². The molecule has 4 rings (SSSR count). The first kappa shape index (κ1) is 30.2. The highest BCUT2D eigenvalue weighted by Crippen LogP contribution is 2.40. The SMILES string of the molecule is CCCCCCCCCCCC(=O)Nc1cccc(NC(=O)c2ccccc2N2C(=O)[C@H]3CC(C)=CC[C@H]3C2=O)c1. The van der Waals surface area contributed by atoms with E-state index >= 15 is 0 Å². The van der Waals surface area contributed by atoms with E-state index in [-0.39, 0.29) is 35.1 Å². The summed E-state index contributed by atoms with van der Waals surface area (Å²) in [5, 5.41) is 5.80. The van der Waals surface area contributed by atoms with Gasteiger partial charge in [0, 0.05) is 17.8 Å². The Morgan fingerprint density at radius 1 is 0.805 bits per heavy atom. The summed E-state index contributed by atoms with van der Waals surface area (Å²) in [7, 11) is 0. The molecule has 0 radical (unpaired) electrons. The second-order valence-corrected chi connectivity index (χ2v) is 11.4. The van der Waals surface area contributed by atoms with Crippen LogP contribution in [0.4, 0.5) is 17.1 Å². The fourth-order valence-corrected chi connectivity index (χ4v) is 5.83. The van der Waals surface area contributed by atoms with Crippen molar-refractivity contribution < 1.29 is 19.2 Å². The maximum atomic E-state index is 13.3. The Hall–Kier alpha value is -3.74. The lowest BCUT2D eigenvalue weighted by atomic mass is 9.82. The van der Waals surface area contributed by atoms with Crippen molar-refractivity contribution in [3.63, 3.8) is 0 Å². The molecule has 1 aliphatic heterocycles. The summed E-state index contributed by atoms with van der Waals surface area (Å²) in [6.45, 7) is 4.20. The summed E-state index contributed by atoms with van der Waals surface area (Å²) in [6, 6.07) is 13.7. The van der Waals surface area contributed by atoms with E-state index < -0.39 is 5.91 Å². The van der Waals surface area contributed by atoms with Crippen LogP contribution in [0.2, 0.25) is 0 Å². The van der Waals surface area contributed by atoms with E-state index in [0.29, 0.717) is 36.3 Å². The number of allylic oxidation sites excluding steroid dienone is 2. The third-order valence-electron chi connectivity index (χ3n) is 8.12. The zero-order valence-corrected chi connectivity index (χ0v) is 24.4. The Bertz CT molecular complexity index is 1280. The summed E-state index contributed by atoms with van der Waals surface area (Å²) in [5.41, 5.74) is 2.78. The van der Waals surface area contributed by atoms with E-state index in [1.54, 1.807) is 48.5 Å². The molecule has 1 fully saturated rings. The van der Waals surface area contributed by atoms with Crippen LogP contribution in [0.15, 0.2) is 60.2 Å². The minimum Gasteiger partial charge on any atom is -0.326 e. The number of anilines is 3. The number of unbranched alkanes of at least 4 members (excludes halogenated alkanes) is 8. The van der Waals surface area contributed by atoms with Gasteiger partial charge in [0.15, 0.2) is 0 Å². The number of nitrogens with zero attached hydrogens (tertiary/aromatic N) is 1. The Kier molecular flexibility index (Phi) is 10.9. The Balaban J connectivity index is 1.31. The third-order valence-corrected chi connectivity index (χ3v) is 8.12. The molecule has 0 unspecified atom stereocenters. The van der Waals surface area contributed by atoms with Gasteiger partial charge in [-0.15, -0.1) is 0 Å². The van der Waals surface area contributed by atoms with Crippen LogP contribution in [0, 0.1) is 11.8 Å². The molecule has 218 valence electrons. The largest absolute Gasteiger partial charge is 0.326 e. The molecule has 4 amide bonds. The van der Waals surface area contributed by atoms with Crippen molar-refractivity contribution in [1.29, 1.82) is 0 Å². The van der Waals surface area contributed by atoms with Gasteiger partial charge < -0.3 is 10.6 Å². The molecule has 7 heteroatoms. The van der Waals surface area contributed by atoms with E-state index in [0.717, 1.165) is 24.8 Å². The number of hydrogen-bond acceptors (Lipinski definition) is 4. The first-order valence-corrected chi connectivity index (χ1v) is 15.2. The Labute approximate surface area is 243 Å². The topological polar surface area (TPSA) is 95.6 Å². The van der Waals surface area contributed by atoms with Gasteiger partial charge in [0.1, 0.15) is 0 Å². The smallest absolute Gasteiger partial charge is 0.257 e. The standard InChI is InChI=1S/C34H43N3O4/c1-3-4-5-6-7-8-9-10-11-19-31(38)35-25-15-14-16-26(23-25)36-32(39)28-17-12-13-18-30(28)37-33(40)27-21-20-24(2)22-29(27)34(37)41/h12-18,20,23,27,29H,3-11,19,21-22H2,1-2H3,(H,35,38)(H,36,39)/t27-,29+/m1/s1. The van der Waals surface area contributed by atoms with Crippen molar-refractivity contribution in [3.05, 3.63) is 65.7 Å². The summed E-state index contributed by atoms with van der Waals surface area (Å²) in [4.78, 5) is 53.5. The van der Waals surface area contributed by atoms with Gasteiger partial charge >= 0.3 is 0 Å². The van der Waals surface area contributed by atoms with Crippen LogP contribution in [-0.4, -0.2) is 23.6 Å². The summed E-state index contributed by atoms with van der Waals surface area (Å²) in [6.07, 6.45) is 14.4. The monoisotopic (exact) mass is 557 g/mol. The van der Waals surface area contributed by atoms with Crippen molar-refractivity contribution in [3.8, 4) is 0 Å². The highest BCUT2D eigenvalue weighted by molar-refractivity contribution is 6.25. The molecule has 41 heavy (non-hydrogen) atoms. The van der Waals surface area contributed by atoms with Gasteiger partial charge in [-0.3, -0.25) is 19.2 Å². The number of benzene rings is 2. The molecule has 1 heterocycles. The average molecular weight is 558 g/mol. The molecule has 2 atom stereocenters. The highest BCUT2D eigenvalue weighted by Gasteiger charge is 2.49. The zero-order valence-electron chi connectivity index (χ0n) is 24.4. The molecule has 0 saturated carbocycles. The first-order chi connectivity index (χ1) is 19.9. The van der Waals surface area contributed by atoms with Crippen molar-refractivity contribution in [2.24, 2.45) is 11.8 Å². The molecule has 0 bridgehead atoms. The molecule has 1 aliphatic carbocycles. The zero-order chi connectivity index (χ0) is 29.2. The number of imide groups is 1. The number of nitrogens with one attached hydrogen (secondary N) is 2. The van der Waals surface area contributed by atoms with Gasteiger partial charge in [0.05, 0.1) is 23.1 Å². The van der Waals surface area contributed by atoms with Crippen LogP contribution in [0.25, 0.3) is 0 Å². The maximum absolute atomic E-state index is 13.3. The number of hydrogen-bond donors (Lipinski definition) is 2. The number of amides is 4. The van der Waals surface area contributed by atoms with Crippen LogP contribution in [0.3, 0.4) is 0 Å². The number of rotatable bonds is 14. The van der Waals surface area contributed by atoms with E-state index in [2.05, 4.69) is 17.6 Å². The van der Waals surface area contributed by atoms with Crippen LogP contribution in [0.1, 0.15) is 101 Å². The van der Waals surface area contributed by atoms with Gasteiger partial charge in [0.25, 0.3) is 5.91 Å². The highest BCUT2D eigenvalue weighted by atomic mass is 16.2. The number of fused-ring (bicyclic) bond motifs is 1. The summed E-state index contributed by atoms with van der Waals surface area (Å²) in [5.74, 6) is -1.72. The second kappa shape index (κ2) is 14.8. The predicted octanol–water partition coefficient (Wildman–Crippen LogP) is 7.64. The number of carbonyl (C=O) groups excluding carboxylic acids is 4. The minimum absolute atomic E-state index is 0.0426. The van der Waals surface area contributed by atoms with Crippen molar-refractivity contribution in [2.45, 2.75) is 90.9 Å². The quantitative estimate of drug-likeness (QED) is 0.142. The normalized spacial score (nSPS) is 18.2. The third kappa shape index (κ3) is 7.93. The van der Waals surface area contributed by atoms with E-state index in [1.165, 1.54) is 43.4 Å². The molecule has 2 aliphatic rings. The second-order valence-electron chi connectivity index (χ2n) is 11.4. The van der Waals surface area contributed by atoms with Crippen molar-refractivity contribution in [2.75, 3.05) is 15.5 Å². The van der Waals surface area contributed by atoms with E-state index in [1.807, 2.05) is 13.0 Å². The molecule has 2 aromatic carbocycles. The Morgan fingerprint density at radius 3 is 2.17 bits per heavy atom.